The molecule has 0 radical (unpaired) electrons. The lowest BCUT2D eigenvalue weighted by molar-refractivity contribution is 0.00375. The van der Waals surface area contributed by atoms with Crippen molar-refractivity contribution in [2.45, 2.75) is 33.3 Å². The predicted molar refractivity (Wildman–Crippen MR) is 123 cm³/mol. The highest BCUT2D eigenvalue weighted by molar-refractivity contribution is 7.14. The SMILES string of the molecule is CC(C)(C)[C@](C)(O)/C=C/[Si](c1ccccc1)(c1ccccc1)c1ccccc1. The predicted octanol–water partition coefficient (Wildman–Crippen LogP) is 4.05. The van der Waals surface area contributed by atoms with Crippen LogP contribution in [0.5, 0.6) is 0 Å². The molecule has 0 aliphatic carbocycles. The summed E-state index contributed by atoms with van der Waals surface area (Å²) in [5.74, 6) is 0. The molecule has 3 aromatic rings. The van der Waals surface area contributed by atoms with Crippen molar-refractivity contribution in [1.82, 2.24) is 0 Å². The van der Waals surface area contributed by atoms with E-state index < -0.39 is 13.7 Å². The Hall–Kier alpha value is -2.42. The van der Waals surface area contributed by atoms with Gasteiger partial charge in [0.05, 0.1) is 5.60 Å². The van der Waals surface area contributed by atoms with Gasteiger partial charge in [-0.1, -0.05) is 124 Å². The highest BCUT2D eigenvalue weighted by Gasteiger charge is 2.39. The summed E-state index contributed by atoms with van der Waals surface area (Å²) in [6.45, 7) is 8.14. The molecule has 0 aromatic heterocycles. The number of hydrogen-bond acceptors (Lipinski definition) is 1. The zero-order chi connectivity index (χ0) is 20.3. The number of aliphatic hydroxyl groups is 1. The van der Waals surface area contributed by atoms with Crippen LogP contribution in [0.4, 0.5) is 0 Å². The Labute approximate surface area is 170 Å². The fourth-order valence-electron chi connectivity index (χ4n) is 3.43. The summed E-state index contributed by atoms with van der Waals surface area (Å²) in [6.07, 6.45) is 2.03. The monoisotopic (exact) mass is 386 g/mol. The molecule has 0 heterocycles. The van der Waals surface area contributed by atoms with Crippen molar-refractivity contribution < 1.29 is 5.11 Å². The van der Waals surface area contributed by atoms with Crippen molar-refractivity contribution in [1.29, 1.82) is 0 Å². The summed E-state index contributed by atoms with van der Waals surface area (Å²) in [5.41, 5.74) is 1.15. The van der Waals surface area contributed by atoms with Gasteiger partial charge in [0.1, 0.15) is 0 Å². The molecule has 3 aromatic carbocycles. The molecule has 2 heteroatoms. The number of benzene rings is 3. The minimum Gasteiger partial charge on any atom is -0.386 e. The maximum atomic E-state index is 11.2. The van der Waals surface area contributed by atoms with Gasteiger partial charge in [-0.15, -0.1) is 0 Å². The topological polar surface area (TPSA) is 20.2 Å². The van der Waals surface area contributed by atoms with Crippen LogP contribution < -0.4 is 15.6 Å². The van der Waals surface area contributed by atoms with Gasteiger partial charge in [0.25, 0.3) is 0 Å². The molecule has 0 saturated carbocycles. The minimum atomic E-state index is -2.45. The van der Waals surface area contributed by atoms with Gasteiger partial charge in [0.2, 0.25) is 0 Å². The molecule has 0 amide bonds. The van der Waals surface area contributed by atoms with E-state index in [0.717, 1.165) is 0 Å². The van der Waals surface area contributed by atoms with Crippen LogP contribution in [0.1, 0.15) is 27.7 Å². The van der Waals surface area contributed by atoms with Gasteiger partial charge in [-0.25, -0.2) is 0 Å². The molecule has 1 N–H and O–H groups in total. The van der Waals surface area contributed by atoms with Crippen molar-refractivity contribution in [3.05, 3.63) is 103 Å². The van der Waals surface area contributed by atoms with Gasteiger partial charge >= 0.3 is 0 Å². The van der Waals surface area contributed by atoms with Crippen molar-refractivity contribution in [2.24, 2.45) is 5.41 Å². The largest absolute Gasteiger partial charge is 0.386 e. The van der Waals surface area contributed by atoms with E-state index in [9.17, 15) is 5.11 Å². The molecule has 1 nitrogen and oxygen atoms in total. The van der Waals surface area contributed by atoms with Crippen LogP contribution in [-0.2, 0) is 0 Å². The molecule has 144 valence electrons. The van der Waals surface area contributed by atoms with Crippen molar-refractivity contribution in [2.75, 3.05) is 0 Å². The average molecular weight is 387 g/mol. The third-order valence-electron chi connectivity index (χ3n) is 5.86. The Morgan fingerprint density at radius 2 is 0.929 bits per heavy atom. The van der Waals surface area contributed by atoms with Gasteiger partial charge in [-0.3, -0.25) is 0 Å². The van der Waals surface area contributed by atoms with E-state index in [1.54, 1.807) is 0 Å². The third kappa shape index (κ3) is 3.89. The second-order valence-electron chi connectivity index (χ2n) is 8.64. The van der Waals surface area contributed by atoms with Crippen LogP contribution in [0.15, 0.2) is 103 Å². The van der Waals surface area contributed by atoms with E-state index in [1.807, 2.05) is 13.0 Å². The average Bonchev–Trinajstić information content (AvgIpc) is 2.70. The first kappa shape index (κ1) is 20.3. The van der Waals surface area contributed by atoms with E-state index in [4.69, 9.17) is 0 Å². The second kappa shape index (κ2) is 7.90. The lowest BCUT2D eigenvalue weighted by Crippen LogP contribution is -2.66. The van der Waals surface area contributed by atoms with E-state index in [2.05, 4.69) is 117 Å². The van der Waals surface area contributed by atoms with Gasteiger partial charge in [0.15, 0.2) is 8.07 Å². The van der Waals surface area contributed by atoms with Crippen molar-refractivity contribution in [3.8, 4) is 0 Å². The van der Waals surface area contributed by atoms with Crippen LogP contribution in [0.2, 0.25) is 0 Å². The highest BCUT2D eigenvalue weighted by atomic mass is 28.3. The highest BCUT2D eigenvalue weighted by Crippen LogP contribution is 2.31. The Morgan fingerprint density at radius 3 is 1.21 bits per heavy atom. The first-order chi connectivity index (χ1) is 13.3. The standard InChI is InChI=1S/C26H30OSi/c1-25(2,3)26(4,27)20-21-28(22-14-8-5-9-15-22,23-16-10-6-11-17-23)24-18-12-7-13-19-24/h5-21,27H,1-4H3/b21-20+/t26-/m1/s1. The van der Waals surface area contributed by atoms with Crippen LogP contribution in [-0.4, -0.2) is 18.8 Å². The van der Waals surface area contributed by atoms with Gasteiger partial charge < -0.3 is 5.11 Å². The summed E-state index contributed by atoms with van der Waals surface area (Å²) in [6, 6.07) is 32.2. The fourth-order valence-corrected chi connectivity index (χ4v) is 7.74. The smallest absolute Gasteiger partial charge is 0.172 e. The Kier molecular flexibility index (Phi) is 5.73. The maximum Gasteiger partial charge on any atom is 0.172 e. The first-order valence-electron chi connectivity index (χ1n) is 9.87. The van der Waals surface area contributed by atoms with Crippen molar-refractivity contribution >= 4 is 23.6 Å². The quantitative estimate of drug-likeness (QED) is 0.518. The van der Waals surface area contributed by atoms with Crippen LogP contribution in [0.3, 0.4) is 0 Å². The molecule has 0 aliphatic rings. The lowest BCUT2D eigenvalue weighted by atomic mass is 9.78. The molecule has 3 rings (SSSR count). The molecule has 0 fully saturated rings. The zero-order valence-corrected chi connectivity index (χ0v) is 18.3. The van der Waals surface area contributed by atoms with E-state index >= 15 is 0 Å². The molecule has 0 spiro atoms. The third-order valence-corrected chi connectivity index (χ3v) is 10.3. The summed E-state index contributed by atoms with van der Waals surface area (Å²) in [7, 11) is -2.45. The molecule has 28 heavy (non-hydrogen) atoms. The fraction of sp³-hybridized carbons (Fsp3) is 0.231. The Morgan fingerprint density at radius 1 is 0.607 bits per heavy atom. The van der Waals surface area contributed by atoms with Gasteiger partial charge in [-0.05, 0) is 27.9 Å². The lowest BCUT2D eigenvalue weighted by Gasteiger charge is -2.37. The van der Waals surface area contributed by atoms with Crippen LogP contribution in [0.25, 0.3) is 0 Å². The summed E-state index contributed by atoms with van der Waals surface area (Å²) >= 11 is 0. The minimum absolute atomic E-state index is 0.256. The Balaban J connectivity index is 2.32. The molecule has 0 unspecified atom stereocenters. The van der Waals surface area contributed by atoms with Crippen molar-refractivity contribution in [3.63, 3.8) is 0 Å². The van der Waals surface area contributed by atoms with Gasteiger partial charge in [0, 0.05) is 0 Å². The van der Waals surface area contributed by atoms with E-state index in [1.165, 1.54) is 15.6 Å². The second-order valence-corrected chi connectivity index (χ2v) is 12.3. The van der Waals surface area contributed by atoms with Gasteiger partial charge in [-0.2, -0.15) is 0 Å². The first-order valence-corrected chi connectivity index (χ1v) is 11.9. The summed E-state index contributed by atoms with van der Waals surface area (Å²) in [4.78, 5) is 0. The van der Waals surface area contributed by atoms with E-state index in [-0.39, 0.29) is 5.41 Å². The number of rotatable bonds is 5. The van der Waals surface area contributed by atoms with Crippen LogP contribution in [0, 0.1) is 5.41 Å². The molecular weight excluding hydrogens is 356 g/mol. The summed E-state index contributed by atoms with van der Waals surface area (Å²) < 4.78 is 0. The zero-order valence-electron chi connectivity index (χ0n) is 17.3. The number of hydrogen-bond donors (Lipinski definition) is 1. The Bertz CT molecular complexity index is 810. The molecule has 0 saturated heterocycles. The van der Waals surface area contributed by atoms with E-state index in [0.29, 0.717) is 0 Å². The van der Waals surface area contributed by atoms with Crippen LogP contribution >= 0.6 is 0 Å². The molecule has 1 atom stereocenters. The normalized spacial score (nSPS) is 14.8. The molecule has 0 bridgehead atoms. The maximum absolute atomic E-state index is 11.2. The molecule has 0 aliphatic heterocycles. The molecular formula is C26H30OSi. The summed E-state index contributed by atoms with van der Waals surface area (Å²) in [5, 5.41) is 15.1.